The van der Waals surface area contributed by atoms with Gasteiger partial charge in [0.1, 0.15) is 0 Å². The number of sulfonamides is 1. The van der Waals surface area contributed by atoms with Gasteiger partial charge in [0.2, 0.25) is 10.0 Å². The van der Waals surface area contributed by atoms with Crippen LogP contribution < -0.4 is 10.5 Å². The Morgan fingerprint density at radius 3 is 2.38 bits per heavy atom. The molecule has 5 heteroatoms. The van der Waals surface area contributed by atoms with Crippen molar-refractivity contribution in [1.29, 1.82) is 0 Å². The maximum atomic E-state index is 11.9. The molecule has 16 heavy (non-hydrogen) atoms. The molecular formula is C11H24N2O2S. The van der Waals surface area contributed by atoms with Gasteiger partial charge in [0.25, 0.3) is 0 Å². The SMILES string of the molecule is CC(C)CC(C)(CN)NS(=O)(=O)CC1CC1. The summed E-state index contributed by atoms with van der Waals surface area (Å²) in [5, 5.41) is 0. The summed E-state index contributed by atoms with van der Waals surface area (Å²) in [5.41, 5.74) is 5.18. The van der Waals surface area contributed by atoms with E-state index in [0.29, 0.717) is 18.4 Å². The van der Waals surface area contributed by atoms with Crippen molar-refractivity contribution in [2.45, 2.75) is 45.6 Å². The van der Waals surface area contributed by atoms with Gasteiger partial charge in [0.05, 0.1) is 5.75 Å². The van der Waals surface area contributed by atoms with Crippen LogP contribution >= 0.6 is 0 Å². The molecule has 0 heterocycles. The highest BCUT2D eigenvalue weighted by Gasteiger charge is 2.33. The van der Waals surface area contributed by atoms with Crippen molar-refractivity contribution in [2.75, 3.05) is 12.3 Å². The fourth-order valence-electron chi connectivity index (χ4n) is 2.08. The lowest BCUT2D eigenvalue weighted by Crippen LogP contribution is -2.52. The molecule has 3 N–H and O–H groups in total. The number of hydrogen-bond donors (Lipinski definition) is 2. The zero-order valence-electron chi connectivity index (χ0n) is 10.5. The highest BCUT2D eigenvalue weighted by Crippen LogP contribution is 2.30. The third-order valence-electron chi connectivity index (χ3n) is 2.86. The van der Waals surface area contributed by atoms with Gasteiger partial charge < -0.3 is 5.73 Å². The Balaban J connectivity index is 2.59. The largest absolute Gasteiger partial charge is 0.329 e. The summed E-state index contributed by atoms with van der Waals surface area (Å²) in [5.74, 6) is 1.07. The van der Waals surface area contributed by atoms with E-state index in [1.807, 2.05) is 6.92 Å². The van der Waals surface area contributed by atoms with Crippen molar-refractivity contribution >= 4 is 10.0 Å². The zero-order valence-corrected chi connectivity index (χ0v) is 11.3. The lowest BCUT2D eigenvalue weighted by atomic mass is 9.92. The van der Waals surface area contributed by atoms with Gasteiger partial charge in [-0.1, -0.05) is 13.8 Å². The molecule has 1 aliphatic rings. The average molecular weight is 248 g/mol. The van der Waals surface area contributed by atoms with Crippen molar-refractivity contribution in [3.8, 4) is 0 Å². The molecule has 1 unspecified atom stereocenters. The monoisotopic (exact) mass is 248 g/mol. The topological polar surface area (TPSA) is 72.2 Å². The van der Waals surface area contributed by atoms with Crippen LogP contribution in [0.4, 0.5) is 0 Å². The quantitative estimate of drug-likeness (QED) is 0.708. The van der Waals surface area contributed by atoms with E-state index in [-0.39, 0.29) is 5.75 Å². The van der Waals surface area contributed by atoms with Crippen molar-refractivity contribution in [2.24, 2.45) is 17.6 Å². The van der Waals surface area contributed by atoms with Crippen LogP contribution in [0, 0.1) is 11.8 Å². The minimum Gasteiger partial charge on any atom is -0.329 e. The van der Waals surface area contributed by atoms with E-state index in [4.69, 9.17) is 5.73 Å². The molecule has 96 valence electrons. The highest BCUT2D eigenvalue weighted by molar-refractivity contribution is 7.89. The summed E-state index contributed by atoms with van der Waals surface area (Å²) in [6.07, 6.45) is 2.86. The Hall–Kier alpha value is -0.130. The average Bonchev–Trinajstić information content (AvgIpc) is 2.84. The second-order valence-electron chi connectivity index (χ2n) is 5.69. The Morgan fingerprint density at radius 2 is 2.00 bits per heavy atom. The van der Waals surface area contributed by atoms with Gasteiger partial charge in [-0.25, -0.2) is 13.1 Å². The molecule has 1 fully saturated rings. The molecule has 0 saturated heterocycles. The molecule has 1 atom stereocenters. The molecular weight excluding hydrogens is 224 g/mol. The van der Waals surface area contributed by atoms with E-state index in [9.17, 15) is 8.42 Å². The summed E-state index contributed by atoms with van der Waals surface area (Å²) in [6.45, 7) is 6.37. The minimum absolute atomic E-state index is 0.265. The van der Waals surface area contributed by atoms with Gasteiger partial charge in [-0.2, -0.15) is 0 Å². The molecule has 1 rings (SSSR count). The summed E-state index contributed by atoms with van der Waals surface area (Å²) < 4.78 is 26.5. The third-order valence-corrected chi connectivity index (χ3v) is 4.58. The first-order chi connectivity index (χ1) is 7.26. The second-order valence-corrected chi connectivity index (χ2v) is 7.46. The summed E-state index contributed by atoms with van der Waals surface area (Å²) in [4.78, 5) is 0. The Bertz CT molecular complexity index is 323. The van der Waals surface area contributed by atoms with Crippen molar-refractivity contribution in [1.82, 2.24) is 4.72 Å². The second kappa shape index (κ2) is 5.02. The van der Waals surface area contributed by atoms with Crippen molar-refractivity contribution in [3.05, 3.63) is 0 Å². The van der Waals surface area contributed by atoms with Gasteiger partial charge >= 0.3 is 0 Å². The maximum absolute atomic E-state index is 11.9. The Morgan fingerprint density at radius 1 is 1.44 bits per heavy atom. The zero-order chi connectivity index (χ0) is 12.4. The van der Waals surface area contributed by atoms with Gasteiger partial charge in [-0.3, -0.25) is 0 Å². The summed E-state index contributed by atoms with van der Waals surface area (Å²) >= 11 is 0. The molecule has 0 aliphatic heterocycles. The minimum atomic E-state index is -3.16. The van der Waals surface area contributed by atoms with Gasteiger partial charge in [-0.05, 0) is 38.0 Å². The normalized spacial score (nSPS) is 21.1. The fraction of sp³-hybridized carbons (Fsp3) is 1.00. The first-order valence-corrected chi connectivity index (χ1v) is 7.63. The highest BCUT2D eigenvalue weighted by atomic mass is 32.2. The smallest absolute Gasteiger partial charge is 0.212 e. The lowest BCUT2D eigenvalue weighted by molar-refractivity contribution is 0.344. The van der Waals surface area contributed by atoms with Crippen molar-refractivity contribution < 1.29 is 8.42 Å². The standard InChI is InChI=1S/C11H24N2O2S/c1-9(2)6-11(3,8-12)13-16(14,15)7-10-4-5-10/h9-10,13H,4-8,12H2,1-3H3. The van der Waals surface area contributed by atoms with Crippen LogP contribution in [0.15, 0.2) is 0 Å². The summed E-state index contributed by atoms with van der Waals surface area (Å²) in [6, 6.07) is 0. The third kappa shape index (κ3) is 4.80. The predicted molar refractivity (Wildman–Crippen MR) is 66.6 cm³/mol. The Labute approximate surface area is 99.0 Å². The molecule has 4 nitrogen and oxygen atoms in total. The number of nitrogens with two attached hydrogens (primary N) is 1. The van der Waals surface area contributed by atoms with Gasteiger partial charge in [-0.15, -0.1) is 0 Å². The summed E-state index contributed by atoms with van der Waals surface area (Å²) in [7, 11) is -3.16. The Kier molecular flexibility index (Phi) is 4.37. The molecule has 0 aromatic carbocycles. The van der Waals surface area contributed by atoms with E-state index < -0.39 is 15.6 Å². The van der Waals surface area contributed by atoms with Gasteiger partial charge in [0, 0.05) is 12.1 Å². The predicted octanol–water partition coefficient (Wildman–Crippen LogP) is 1.08. The molecule has 0 amide bonds. The molecule has 0 aromatic rings. The van der Waals surface area contributed by atoms with E-state index in [2.05, 4.69) is 18.6 Å². The maximum Gasteiger partial charge on any atom is 0.212 e. The molecule has 0 spiro atoms. The van der Waals surface area contributed by atoms with Crippen LogP contribution in [0.1, 0.15) is 40.0 Å². The number of hydrogen-bond acceptors (Lipinski definition) is 3. The molecule has 1 aliphatic carbocycles. The van der Waals surface area contributed by atoms with Crippen LogP contribution in [-0.2, 0) is 10.0 Å². The first-order valence-electron chi connectivity index (χ1n) is 5.98. The first kappa shape index (κ1) is 13.9. The van der Waals surface area contributed by atoms with E-state index >= 15 is 0 Å². The van der Waals surface area contributed by atoms with Crippen LogP contribution in [0.3, 0.4) is 0 Å². The molecule has 1 saturated carbocycles. The van der Waals surface area contributed by atoms with E-state index in [1.54, 1.807) is 0 Å². The number of nitrogens with one attached hydrogen (secondary N) is 1. The molecule has 0 aromatic heterocycles. The lowest BCUT2D eigenvalue weighted by Gasteiger charge is -2.30. The number of rotatable bonds is 7. The molecule has 0 radical (unpaired) electrons. The van der Waals surface area contributed by atoms with Crippen molar-refractivity contribution in [3.63, 3.8) is 0 Å². The van der Waals surface area contributed by atoms with Crippen LogP contribution in [0.2, 0.25) is 0 Å². The molecule has 0 bridgehead atoms. The van der Waals surface area contributed by atoms with Crippen LogP contribution in [0.5, 0.6) is 0 Å². The fourth-order valence-corrected chi connectivity index (χ4v) is 4.03. The van der Waals surface area contributed by atoms with Crippen LogP contribution in [-0.4, -0.2) is 26.3 Å². The van der Waals surface area contributed by atoms with Crippen LogP contribution in [0.25, 0.3) is 0 Å². The van der Waals surface area contributed by atoms with E-state index in [0.717, 1.165) is 19.3 Å². The van der Waals surface area contributed by atoms with E-state index in [1.165, 1.54) is 0 Å². The van der Waals surface area contributed by atoms with Gasteiger partial charge in [0.15, 0.2) is 0 Å².